The van der Waals surface area contributed by atoms with E-state index in [1.54, 1.807) is 19.1 Å². The first-order valence-corrected chi connectivity index (χ1v) is 6.88. The highest BCUT2D eigenvalue weighted by Crippen LogP contribution is 2.28. The van der Waals surface area contributed by atoms with Gasteiger partial charge in [0.1, 0.15) is 5.75 Å². The lowest BCUT2D eigenvalue weighted by Gasteiger charge is -2.14. The van der Waals surface area contributed by atoms with Crippen LogP contribution in [-0.4, -0.2) is 43.0 Å². The van der Waals surface area contributed by atoms with E-state index in [4.69, 9.17) is 4.74 Å². The van der Waals surface area contributed by atoms with Gasteiger partial charge in [0.15, 0.2) is 5.13 Å². The normalized spacial score (nSPS) is 10.5. The van der Waals surface area contributed by atoms with E-state index in [0.717, 1.165) is 21.1 Å². The molecule has 5 nitrogen and oxygen atoms in total. The van der Waals surface area contributed by atoms with Crippen molar-refractivity contribution in [1.29, 1.82) is 0 Å². The van der Waals surface area contributed by atoms with Crippen molar-refractivity contribution < 1.29 is 9.53 Å². The highest BCUT2D eigenvalue weighted by Gasteiger charge is 2.09. The Labute approximate surface area is 116 Å². The largest absolute Gasteiger partial charge is 0.497 e. The van der Waals surface area contributed by atoms with Crippen molar-refractivity contribution >= 4 is 32.6 Å². The molecular weight excluding hydrogens is 262 g/mol. The molecule has 0 unspecified atom stereocenters. The van der Waals surface area contributed by atoms with Crippen LogP contribution < -0.4 is 10.1 Å². The first-order chi connectivity index (χ1) is 9.13. The van der Waals surface area contributed by atoms with Crippen molar-refractivity contribution in [2.75, 3.05) is 32.6 Å². The van der Waals surface area contributed by atoms with Crippen molar-refractivity contribution in [1.82, 2.24) is 9.88 Å². The number of nitrogens with one attached hydrogen (secondary N) is 1. The highest BCUT2D eigenvalue weighted by molar-refractivity contribution is 7.22. The van der Waals surface area contributed by atoms with Gasteiger partial charge in [-0.1, -0.05) is 11.3 Å². The SMILES string of the molecule is CCN(C)C(=O)CNc1nc2ccc(OC)cc2s1. The lowest BCUT2D eigenvalue weighted by Crippen LogP contribution is -2.31. The Morgan fingerprint density at radius 3 is 3.00 bits per heavy atom. The number of likely N-dealkylation sites (N-methyl/N-ethyl adjacent to an activating group) is 1. The summed E-state index contributed by atoms with van der Waals surface area (Å²) in [5, 5.41) is 3.81. The number of aromatic nitrogens is 1. The van der Waals surface area contributed by atoms with Crippen molar-refractivity contribution in [3.63, 3.8) is 0 Å². The zero-order valence-corrected chi connectivity index (χ0v) is 12.1. The summed E-state index contributed by atoms with van der Waals surface area (Å²) in [5.41, 5.74) is 0.907. The number of benzene rings is 1. The zero-order chi connectivity index (χ0) is 13.8. The van der Waals surface area contributed by atoms with Crippen LogP contribution in [0.2, 0.25) is 0 Å². The Hall–Kier alpha value is -1.82. The van der Waals surface area contributed by atoms with Crippen LogP contribution >= 0.6 is 11.3 Å². The van der Waals surface area contributed by atoms with Gasteiger partial charge in [0, 0.05) is 13.6 Å². The van der Waals surface area contributed by atoms with Crippen molar-refractivity contribution in [3.05, 3.63) is 18.2 Å². The fourth-order valence-electron chi connectivity index (χ4n) is 1.57. The van der Waals surface area contributed by atoms with Gasteiger partial charge in [0.2, 0.25) is 5.91 Å². The molecule has 0 fully saturated rings. The molecule has 0 spiro atoms. The van der Waals surface area contributed by atoms with E-state index < -0.39 is 0 Å². The molecule has 0 aliphatic heterocycles. The molecule has 0 atom stereocenters. The second-order valence-corrected chi connectivity index (χ2v) is 5.14. The fourth-order valence-corrected chi connectivity index (χ4v) is 2.46. The third-order valence-electron chi connectivity index (χ3n) is 2.89. The van der Waals surface area contributed by atoms with Crippen LogP contribution in [0.25, 0.3) is 10.2 Å². The minimum Gasteiger partial charge on any atom is -0.497 e. The van der Waals surface area contributed by atoms with E-state index in [1.807, 2.05) is 25.1 Å². The van der Waals surface area contributed by atoms with Crippen LogP contribution in [0.1, 0.15) is 6.92 Å². The Balaban J connectivity index is 2.07. The number of methoxy groups -OCH3 is 1. The number of carbonyl (C=O) groups excluding carboxylic acids is 1. The average molecular weight is 279 g/mol. The molecular formula is C13H17N3O2S. The molecule has 1 heterocycles. The summed E-state index contributed by atoms with van der Waals surface area (Å²) in [6.45, 7) is 2.92. The maximum Gasteiger partial charge on any atom is 0.241 e. The lowest BCUT2D eigenvalue weighted by atomic mass is 10.3. The highest BCUT2D eigenvalue weighted by atomic mass is 32.1. The zero-order valence-electron chi connectivity index (χ0n) is 11.3. The molecule has 1 aromatic heterocycles. The number of anilines is 1. The average Bonchev–Trinajstić information content (AvgIpc) is 2.85. The minimum absolute atomic E-state index is 0.0549. The molecule has 0 aliphatic rings. The summed E-state index contributed by atoms with van der Waals surface area (Å²) in [7, 11) is 3.42. The molecule has 6 heteroatoms. The van der Waals surface area contributed by atoms with Crippen LogP contribution in [-0.2, 0) is 4.79 Å². The van der Waals surface area contributed by atoms with Crippen LogP contribution in [0.15, 0.2) is 18.2 Å². The molecule has 0 saturated heterocycles. The summed E-state index contributed by atoms with van der Waals surface area (Å²) in [5.74, 6) is 0.865. The Kier molecular flexibility index (Phi) is 4.21. The molecule has 0 bridgehead atoms. The number of carbonyl (C=O) groups is 1. The molecule has 1 amide bonds. The molecule has 1 aromatic carbocycles. The quantitative estimate of drug-likeness (QED) is 0.911. The molecule has 0 saturated carbocycles. The standard InChI is InChI=1S/C13H17N3O2S/c1-4-16(2)12(17)8-14-13-15-10-6-5-9(18-3)7-11(10)19-13/h5-7H,4,8H2,1-3H3,(H,14,15). The van der Waals surface area contributed by atoms with Gasteiger partial charge in [-0.05, 0) is 25.1 Å². The van der Waals surface area contributed by atoms with E-state index in [0.29, 0.717) is 6.54 Å². The van der Waals surface area contributed by atoms with Gasteiger partial charge in [-0.2, -0.15) is 0 Å². The molecule has 0 aliphatic carbocycles. The van der Waals surface area contributed by atoms with Crippen LogP contribution in [0.5, 0.6) is 5.75 Å². The second-order valence-electron chi connectivity index (χ2n) is 4.11. The predicted octanol–water partition coefficient (Wildman–Crippen LogP) is 2.20. The van der Waals surface area contributed by atoms with Gasteiger partial charge >= 0.3 is 0 Å². The van der Waals surface area contributed by atoms with Gasteiger partial charge in [-0.25, -0.2) is 4.98 Å². The lowest BCUT2D eigenvalue weighted by molar-refractivity contribution is -0.127. The Bertz CT molecular complexity index is 582. The first kappa shape index (κ1) is 13.6. The van der Waals surface area contributed by atoms with Crippen molar-refractivity contribution in [2.45, 2.75) is 6.92 Å². The number of ether oxygens (including phenoxy) is 1. The first-order valence-electron chi connectivity index (χ1n) is 6.06. The minimum atomic E-state index is 0.0549. The topological polar surface area (TPSA) is 54.5 Å². The van der Waals surface area contributed by atoms with Crippen molar-refractivity contribution in [2.24, 2.45) is 0 Å². The number of amides is 1. The molecule has 1 N–H and O–H groups in total. The summed E-state index contributed by atoms with van der Waals surface area (Å²) >= 11 is 1.52. The monoisotopic (exact) mass is 279 g/mol. The van der Waals surface area contributed by atoms with E-state index in [-0.39, 0.29) is 12.5 Å². The number of hydrogen-bond donors (Lipinski definition) is 1. The van der Waals surface area contributed by atoms with E-state index in [2.05, 4.69) is 10.3 Å². The van der Waals surface area contributed by atoms with Gasteiger partial charge in [-0.15, -0.1) is 0 Å². The number of nitrogens with zero attached hydrogens (tertiary/aromatic N) is 2. The van der Waals surface area contributed by atoms with Gasteiger partial charge < -0.3 is 15.0 Å². The summed E-state index contributed by atoms with van der Waals surface area (Å²) in [6, 6.07) is 5.73. The molecule has 102 valence electrons. The predicted molar refractivity (Wildman–Crippen MR) is 78.0 cm³/mol. The Morgan fingerprint density at radius 1 is 1.53 bits per heavy atom. The maximum atomic E-state index is 11.7. The van der Waals surface area contributed by atoms with Crippen molar-refractivity contribution in [3.8, 4) is 5.75 Å². The molecule has 19 heavy (non-hydrogen) atoms. The van der Waals surface area contributed by atoms with Crippen LogP contribution in [0.3, 0.4) is 0 Å². The molecule has 0 radical (unpaired) electrons. The number of hydrogen-bond acceptors (Lipinski definition) is 5. The number of thiazole rings is 1. The third-order valence-corrected chi connectivity index (χ3v) is 3.86. The van der Waals surface area contributed by atoms with Crippen LogP contribution in [0, 0.1) is 0 Å². The summed E-state index contributed by atoms with van der Waals surface area (Å²) < 4.78 is 6.21. The van der Waals surface area contributed by atoms with E-state index in [9.17, 15) is 4.79 Å². The van der Waals surface area contributed by atoms with E-state index in [1.165, 1.54) is 11.3 Å². The van der Waals surface area contributed by atoms with Gasteiger partial charge in [-0.3, -0.25) is 4.79 Å². The molecule has 2 rings (SSSR count). The summed E-state index contributed by atoms with van der Waals surface area (Å²) in [4.78, 5) is 17.8. The second kappa shape index (κ2) is 5.88. The summed E-state index contributed by atoms with van der Waals surface area (Å²) in [6.07, 6.45) is 0. The fraction of sp³-hybridized carbons (Fsp3) is 0.385. The smallest absolute Gasteiger partial charge is 0.241 e. The van der Waals surface area contributed by atoms with Gasteiger partial charge in [0.05, 0.1) is 23.9 Å². The molecule has 2 aromatic rings. The van der Waals surface area contributed by atoms with Crippen LogP contribution in [0.4, 0.5) is 5.13 Å². The number of fused-ring (bicyclic) bond motifs is 1. The Morgan fingerprint density at radius 2 is 2.32 bits per heavy atom. The maximum absolute atomic E-state index is 11.7. The van der Waals surface area contributed by atoms with Gasteiger partial charge in [0.25, 0.3) is 0 Å². The third kappa shape index (κ3) is 3.14. The number of rotatable bonds is 5. The van der Waals surface area contributed by atoms with E-state index >= 15 is 0 Å².